The van der Waals surface area contributed by atoms with Crippen LogP contribution >= 0.6 is 11.8 Å². The average Bonchev–Trinajstić information content (AvgIpc) is 2.37. The standard InChI is InChI=1S/C14H16O3S/c1-3-17-14(16)8-11(2)10-18-13-7-5-4-6-12(13)9-15/h4-9H,3,10H2,1-2H3/b11-8+. The Morgan fingerprint density at radius 2 is 2.11 bits per heavy atom. The van der Waals surface area contributed by atoms with Crippen LogP contribution in [0, 0.1) is 0 Å². The summed E-state index contributed by atoms with van der Waals surface area (Å²) in [5, 5.41) is 0. The Hall–Kier alpha value is -1.55. The van der Waals surface area contributed by atoms with Crippen molar-refractivity contribution in [1.82, 2.24) is 0 Å². The predicted octanol–water partition coefficient (Wildman–Crippen LogP) is 3.10. The quantitative estimate of drug-likeness (QED) is 0.343. The van der Waals surface area contributed by atoms with Gasteiger partial charge in [0.25, 0.3) is 0 Å². The van der Waals surface area contributed by atoms with E-state index < -0.39 is 0 Å². The Bertz CT molecular complexity index is 452. The minimum atomic E-state index is -0.320. The zero-order valence-electron chi connectivity index (χ0n) is 10.5. The van der Waals surface area contributed by atoms with Gasteiger partial charge in [0.05, 0.1) is 6.61 Å². The van der Waals surface area contributed by atoms with Crippen LogP contribution < -0.4 is 0 Å². The third-order valence-electron chi connectivity index (χ3n) is 2.15. The van der Waals surface area contributed by atoms with Crippen molar-refractivity contribution in [2.75, 3.05) is 12.4 Å². The molecule has 96 valence electrons. The Morgan fingerprint density at radius 1 is 1.39 bits per heavy atom. The lowest BCUT2D eigenvalue weighted by Crippen LogP contribution is -2.01. The zero-order chi connectivity index (χ0) is 13.4. The van der Waals surface area contributed by atoms with Gasteiger partial charge in [-0.15, -0.1) is 11.8 Å². The molecule has 0 aromatic heterocycles. The van der Waals surface area contributed by atoms with Crippen LogP contribution in [0.5, 0.6) is 0 Å². The number of rotatable bonds is 6. The van der Waals surface area contributed by atoms with Crippen LogP contribution in [0.3, 0.4) is 0 Å². The van der Waals surface area contributed by atoms with Crippen LogP contribution in [0.15, 0.2) is 40.8 Å². The number of hydrogen-bond acceptors (Lipinski definition) is 4. The maximum Gasteiger partial charge on any atom is 0.330 e. The molecule has 0 aliphatic heterocycles. The molecule has 0 fully saturated rings. The summed E-state index contributed by atoms with van der Waals surface area (Å²) in [6.45, 7) is 4.02. The number of carbonyl (C=O) groups excluding carboxylic acids is 2. The number of carbonyl (C=O) groups is 2. The second-order valence-corrected chi connectivity index (χ2v) is 4.70. The van der Waals surface area contributed by atoms with Crippen LogP contribution in [-0.4, -0.2) is 24.6 Å². The molecule has 0 saturated carbocycles. The van der Waals surface area contributed by atoms with Crippen molar-refractivity contribution in [3.63, 3.8) is 0 Å². The third kappa shape index (κ3) is 4.75. The summed E-state index contributed by atoms with van der Waals surface area (Å²) in [4.78, 5) is 23.0. The van der Waals surface area contributed by atoms with E-state index in [4.69, 9.17) is 4.74 Å². The van der Waals surface area contributed by atoms with Gasteiger partial charge in [-0.3, -0.25) is 4.79 Å². The highest BCUT2D eigenvalue weighted by molar-refractivity contribution is 7.99. The average molecular weight is 264 g/mol. The molecule has 3 nitrogen and oxygen atoms in total. The second-order valence-electron chi connectivity index (χ2n) is 3.69. The van der Waals surface area contributed by atoms with E-state index in [9.17, 15) is 9.59 Å². The molecule has 1 aromatic carbocycles. The molecule has 4 heteroatoms. The fourth-order valence-electron chi connectivity index (χ4n) is 1.33. The van der Waals surface area contributed by atoms with Crippen molar-refractivity contribution >= 4 is 24.0 Å². The van der Waals surface area contributed by atoms with Gasteiger partial charge in [-0.25, -0.2) is 4.79 Å². The summed E-state index contributed by atoms with van der Waals surface area (Å²) in [6, 6.07) is 7.39. The van der Waals surface area contributed by atoms with Gasteiger partial charge in [0, 0.05) is 22.3 Å². The van der Waals surface area contributed by atoms with Crippen molar-refractivity contribution in [3.8, 4) is 0 Å². The summed E-state index contributed by atoms with van der Waals surface area (Å²) in [5.41, 5.74) is 1.59. The summed E-state index contributed by atoms with van der Waals surface area (Å²) >= 11 is 1.53. The first kappa shape index (κ1) is 14.5. The minimum absolute atomic E-state index is 0.320. The van der Waals surface area contributed by atoms with Crippen molar-refractivity contribution < 1.29 is 14.3 Å². The lowest BCUT2D eigenvalue weighted by atomic mass is 10.2. The highest BCUT2D eigenvalue weighted by Crippen LogP contribution is 2.23. The summed E-state index contributed by atoms with van der Waals surface area (Å²) in [5.74, 6) is 0.336. The number of hydrogen-bond donors (Lipinski definition) is 0. The molecule has 0 N–H and O–H groups in total. The van der Waals surface area contributed by atoms with E-state index >= 15 is 0 Å². The van der Waals surface area contributed by atoms with E-state index in [-0.39, 0.29) is 5.97 Å². The highest BCUT2D eigenvalue weighted by atomic mass is 32.2. The van der Waals surface area contributed by atoms with E-state index in [1.807, 2.05) is 25.1 Å². The fourth-order valence-corrected chi connectivity index (χ4v) is 2.25. The predicted molar refractivity (Wildman–Crippen MR) is 72.9 cm³/mol. The Labute approximate surface area is 111 Å². The number of esters is 1. The first-order chi connectivity index (χ1) is 8.67. The van der Waals surface area contributed by atoms with Crippen molar-refractivity contribution in [2.45, 2.75) is 18.7 Å². The molecular weight excluding hydrogens is 248 g/mol. The molecule has 0 bridgehead atoms. The molecule has 0 saturated heterocycles. The van der Waals surface area contributed by atoms with Gasteiger partial charge in [0.15, 0.2) is 6.29 Å². The van der Waals surface area contributed by atoms with E-state index in [0.717, 1.165) is 16.8 Å². The lowest BCUT2D eigenvalue weighted by molar-refractivity contribution is -0.137. The molecule has 0 aliphatic rings. The van der Waals surface area contributed by atoms with Crippen molar-refractivity contribution in [2.24, 2.45) is 0 Å². The Kier molecular flexibility index (Phi) is 6.22. The molecule has 0 heterocycles. The van der Waals surface area contributed by atoms with Crippen molar-refractivity contribution in [3.05, 3.63) is 41.5 Å². The molecule has 0 atom stereocenters. The molecule has 1 rings (SSSR count). The Balaban J connectivity index is 2.59. The van der Waals surface area contributed by atoms with Gasteiger partial charge in [-0.05, 0) is 19.9 Å². The van der Waals surface area contributed by atoms with Gasteiger partial charge >= 0.3 is 5.97 Å². The lowest BCUT2D eigenvalue weighted by Gasteiger charge is -2.04. The monoisotopic (exact) mass is 264 g/mol. The number of aldehydes is 1. The zero-order valence-corrected chi connectivity index (χ0v) is 11.3. The molecule has 0 aliphatic carbocycles. The normalized spacial score (nSPS) is 11.1. The van der Waals surface area contributed by atoms with Crippen LogP contribution in [0.4, 0.5) is 0 Å². The smallest absolute Gasteiger partial charge is 0.330 e. The number of benzene rings is 1. The molecule has 0 unspecified atom stereocenters. The van der Waals surface area contributed by atoms with E-state index in [1.54, 1.807) is 13.0 Å². The first-order valence-electron chi connectivity index (χ1n) is 5.68. The molecular formula is C14H16O3S. The van der Waals surface area contributed by atoms with Gasteiger partial charge in [-0.2, -0.15) is 0 Å². The molecule has 0 spiro atoms. The SMILES string of the molecule is CCOC(=O)/C=C(\C)CSc1ccccc1C=O. The summed E-state index contributed by atoms with van der Waals surface area (Å²) < 4.78 is 4.83. The van der Waals surface area contributed by atoms with Crippen LogP contribution in [0.25, 0.3) is 0 Å². The Morgan fingerprint density at radius 3 is 2.78 bits per heavy atom. The van der Waals surface area contributed by atoms with Crippen LogP contribution in [-0.2, 0) is 9.53 Å². The highest BCUT2D eigenvalue weighted by Gasteiger charge is 2.03. The van der Waals surface area contributed by atoms with E-state index in [1.165, 1.54) is 17.8 Å². The first-order valence-corrected chi connectivity index (χ1v) is 6.67. The van der Waals surface area contributed by atoms with E-state index in [0.29, 0.717) is 17.9 Å². The van der Waals surface area contributed by atoms with Gasteiger partial charge in [-0.1, -0.05) is 23.8 Å². The van der Waals surface area contributed by atoms with E-state index in [2.05, 4.69) is 0 Å². The fraction of sp³-hybridized carbons (Fsp3) is 0.286. The summed E-state index contributed by atoms with van der Waals surface area (Å²) in [7, 11) is 0. The van der Waals surface area contributed by atoms with Crippen LogP contribution in [0.1, 0.15) is 24.2 Å². The maximum absolute atomic E-state index is 11.2. The van der Waals surface area contributed by atoms with Gasteiger partial charge in [0.1, 0.15) is 0 Å². The van der Waals surface area contributed by atoms with Gasteiger partial charge < -0.3 is 4.74 Å². The number of thioether (sulfide) groups is 1. The second kappa shape index (κ2) is 7.71. The van der Waals surface area contributed by atoms with Crippen molar-refractivity contribution in [1.29, 1.82) is 0 Å². The largest absolute Gasteiger partial charge is 0.463 e. The minimum Gasteiger partial charge on any atom is -0.463 e. The molecule has 0 amide bonds. The molecule has 0 radical (unpaired) electrons. The topological polar surface area (TPSA) is 43.4 Å². The number of ether oxygens (including phenoxy) is 1. The van der Waals surface area contributed by atoms with Gasteiger partial charge in [0.2, 0.25) is 0 Å². The molecule has 1 aromatic rings. The molecule has 18 heavy (non-hydrogen) atoms. The van der Waals surface area contributed by atoms with Crippen LogP contribution in [0.2, 0.25) is 0 Å². The summed E-state index contributed by atoms with van der Waals surface area (Å²) in [6.07, 6.45) is 2.33. The third-order valence-corrected chi connectivity index (χ3v) is 3.43. The maximum atomic E-state index is 11.2.